The fourth-order valence-electron chi connectivity index (χ4n) is 2.47. The number of guanidine groups is 1. The smallest absolute Gasteiger partial charge is 0.194 e. The minimum atomic E-state index is -0.240. The normalized spacial score (nSPS) is 18.9. The van der Waals surface area contributed by atoms with Gasteiger partial charge in [-0.2, -0.15) is 0 Å². The second-order valence-electron chi connectivity index (χ2n) is 5.87. The molecule has 0 saturated carbocycles. The van der Waals surface area contributed by atoms with E-state index in [9.17, 15) is 5.11 Å². The summed E-state index contributed by atoms with van der Waals surface area (Å²) in [6, 6.07) is 8.06. The summed E-state index contributed by atoms with van der Waals surface area (Å²) in [6.45, 7) is 9.06. The van der Waals surface area contributed by atoms with Crippen LogP contribution in [0.2, 0.25) is 0 Å². The zero-order chi connectivity index (χ0) is 15.9. The van der Waals surface area contributed by atoms with Crippen LogP contribution in [0.15, 0.2) is 29.3 Å². The molecule has 1 aromatic rings. The lowest BCUT2D eigenvalue weighted by Gasteiger charge is -2.21. The predicted molar refractivity (Wildman–Crippen MR) is 89.2 cm³/mol. The van der Waals surface area contributed by atoms with Crippen LogP contribution < -0.4 is 10.1 Å². The Labute approximate surface area is 133 Å². The van der Waals surface area contributed by atoms with E-state index in [0.717, 1.165) is 36.8 Å². The van der Waals surface area contributed by atoms with E-state index in [2.05, 4.69) is 22.1 Å². The number of benzene rings is 1. The molecule has 0 amide bonds. The van der Waals surface area contributed by atoms with E-state index in [0.29, 0.717) is 13.1 Å². The van der Waals surface area contributed by atoms with E-state index in [1.54, 1.807) is 0 Å². The van der Waals surface area contributed by atoms with Crippen LogP contribution in [0.25, 0.3) is 0 Å². The average molecular weight is 305 g/mol. The van der Waals surface area contributed by atoms with Crippen LogP contribution in [0.1, 0.15) is 32.8 Å². The van der Waals surface area contributed by atoms with Gasteiger partial charge in [0.2, 0.25) is 0 Å². The van der Waals surface area contributed by atoms with Gasteiger partial charge in [0, 0.05) is 19.6 Å². The standard InChI is InChI=1S/C17H27N3O2/c1-4-18-17(20-10-9-15(21)12-20)19-11-14-5-7-16(8-6-14)22-13(2)3/h5-8,13,15,21H,4,9-12H2,1-3H3,(H,18,19)/t15-/m1/s1. The van der Waals surface area contributed by atoms with Gasteiger partial charge in [-0.25, -0.2) is 4.99 Å². The maximum absolute atomic E-state index is 9.67. The molecule has 0 radical (unpaired) electrons. The zero-order valence-corrected chi connectivity index (χ0v) is 13.7. The molecule has 0 aliphatic carbocycles. The molecule has 22 heavy (non-hydrogen) atoms. The van der Waals surface area contributed by atoms with Crippen molar-refractivity contribution in [1.29, 1.82) is 0 Å². The summed E-state index contributed by atoms with van der Waals surface area (Å²) in [5.41, 5.74) is 1.14. The lowest BCUT2D eigenvalue weighted by atomic mass is 10.2. The Kier molecular flexibility index (Phi) is 6.07. The van der Waals surface area contributed by atoms with Gasteiger partial charge >= 0.3 is 0 Å². The average Bonchev–Trinajstić information content (AvgIpc) is 2.91. The molecule has 1 aromatic carbocycles. The molecule has 1 atom stereocenters. The minimum absolute atomic E-state index is 0.186. The molecule has 5 heteroatoms. The van der Waals surface area contributed by atoms with Crippen LogP contribution in [0, 0.1) is 0 Å². The first-order valence-corrected chi connectivity index (χ1v) is 8.05. The summed E-state index contributed by atoms with van der Waals surface area (Å²) >= 11 is 0. The van der Waals surface area contributed by atoms with E-state index in [-0.39, 0.29) is 12.2 Å². The van der Waals surface area contributed by atoms with Crippen LogP contribution >= 0.6 is 0 Å². The van der Waals surface area contributed by atoms with Crippen molar-refractivity contribution in [2.24, 2.45) is 4.99 Å². The molecule has 0 spiro atoms. The molecule has 1 saturated heterocycles. The number of aliphatic hydroxyl groups excluding tert-OH is 1. The first-order valence-electron chi connectivity index (χ1n) is 8.05. The zero-order valence-electron chi connectivity index (χ0n) is 13.7. The highest BCUT2D eigenvalue weighted by molar-refractivity contribution is 5.80. The highest BCUT2D eigenvalue weighted by Gasteiger charge is 2.22. The van der Waals surface area contributed by atoms with Gasteiger partial charge in [0.1, 0.15) is 5.75 Å². The molecule has 2 rings (SSSR count). The largest absolute Gasteiger partial charge is 0.491 e. The first-order chi connectivity index (χ1) is 10.6. The van der Waals surface area contributed by atoms with Gasteiger partial charge in [0.05, 0.1) is 18.8 Å². The number of nitrogens with zero attached hydrogens (tertiary/aromatic N) is 2. The Morgan fingerprint density at radius 1 is 1.41 bits per heavy atom. The van der Waals surface area contributed by atoms with Gasteiger partial charge < -0.3 is 20.1 Å². The topological polar surface area (TPSA) is 57.1 Å². The van der Waals surface area contributed by atoms with Crippen molar-refractivity contribution >= 4 is 5.96 Å². The molecule has 1 heterocycles. The van der Waals surface area contributed by atoms with Crippen molar-refractivity contribution < 1.29 is 9.84 Å². The fourth-order valence-corrected chi connectivity index (χ4v) is 2.47. The Hall–Kier alpha value is -1.75. The Bertz CT molecular complexity index is 485. The van der Waals surface area contributed by atoms with Gasteiger partial charge in [-0.3, -0.25) is 0 Å². The van der Waals surface area contributed by atoms with Gasteiger partial charge in [0.25, 0.3) is 0 Å². The number of ether oxygens (including phenoxy) is 1. The summed E-state index contributed by atoms with van der Waals surface area (Å²) < 4.78 is 5.64. The van der Waals surface area contributed by atoms with Crippen LogP contribution in [0.5, 0.6) is 5.75 Å². The van der Waals surface area contributed by atoms with Crippen molar-refractivity contribution in [3.63, 3.8) is 0 Å². The van der Waals surface area contributed by atoms with Crippen LogP contribution in [-0.4, -0.2) is 47.8 Å². The van der Waals surface area contributed by atoms with Gasteiger partial charge in [-0.1, -0.05) is 12.1 Å². The third kappa shape index (κ3) is 4.91. The summed E-state index contributed by atoms with van der Waals surface area (Å²) in [5, 5.41) is 13.0. The van der Waals surface area contributed by atoms with Crippen molar-refractivity contribution in [2.45, 2.75) is 45.9 Å². The Morgan fingerprint density at radius 3 is 2.68 bits per heavy atom. The molecule has 0 bridgehead atoms. The molecule has 1 aliphatic heterocycles. The van der Waals surface area contributed by atoms with E-state index >= 15 is 0 Å². The van der Waals surface area contributed by atoms with Crippen molar-refractivity contribution in [3.05, 3.63) is 29.8 Å². The van der Waals surface area contributed by atoms with E-state index in [1.807, 2.05) is 38.1 Å². The van der Waals surface area contributed by atoms with Gasteiger partial charge in [-0.15, -0.1) is 0 Å². The Balaban J connectivity index is 1.97. The summed E-state index contributed by atoms with van der Waals surface area (Å²) in [6.07, 6.45) is 0.758. The maximum atomic E-state index is 9.67. The predicted octanol–water partition coefficient (Wildman–Crippen LogP) is 2.01. The highest BCUT2D eigenvalue weighted by atomic mass is 16.5. The lowest BCUT2D eigenvalue weighted by Crippen LogP contribution is -2.40. The van der Waals surface area contributed by atoms with Crippen LogP contribution in [0.4, 0.5) is 0 Å². The number of rotatable bonds is 5. The number of nitrogens with one attached hydrogen (secondary N) is 1. The number of aliphatic hydroxyl groups is 1. The van der Waals surface area contributed by atoms with Crippen LogP contribution in [-0.2, 0) is 6.54 Å². The van der Waals surface area contributed by atoms with Crippen LogP contribution in [0.3, 0.4) is 0 Å². The third-order valence-corrected chi connectivity index (χ3v) is 3.50. The fraction of sp³-hybridized carbons (Fsp3) is 0.588. The van der Waals surface area contributed by atoms with E-state index < -0.39 is 0 Å². The maximum Gasteiger partial charge on any atom is 0.194 e. The summed E-state index contributed by atoms with van der Waals surface area (Å²) in [4.78, 5) is 6.79. The molecule has 1 aliphatic rings. The minimum Gasteiger partial charge on any atom is -0.491 e. The second-order valence-corrected chi connectivity index (χ2v) is 5.87. The molecule has 1 fully saturated rings. The molecule has 0 unspecified atom stereocenters. The summed E-state index contributed by atoms with van der Waals surface area (Å²) in [5.74, 6) is 1.76. The summed E-state index contributed by atoms with van der Waals surface area (Å²) in [7, 11) is 0. The lowest BCUT2D eigenvalue weighted by molar-refractivity contribution is 0.188. The van der Waals surface area contributed by atoms with Gasteiger partial charge in [0.15, 0.2) is 5.96 Å². The number of hydrogen-bond donors (Lipinski definition) is 2. The second kappa shape index (κ2) is 8.03. The quantitative estimate of drug-likeness (QED) is 0.645. The monoisotopic (exact) mass is 305 g/mol. The van der Waals surface area contributed by atoms with Gasteiger partial charge in [-0.05, 0) is 44.9 Å². The van der Waals surface area contributed by atoms with E-state index in [1.165, 1.54) is 0 Å². The molecule has 2 N–H and O–H groups in total. The number of likely N-dealkylation sites (tertiary alicyclic amines) is 1. The molecular formula is C17H27N3O2. The number of β-amino-alcohol motifs (C(OH)–C–C–N with tert-alkyl or cyclic N) is 1. The molecule has 122 valence electrons. The number of hydrogen-bond acceptors (Lipinski definition) is 3. The van der Waals surface area contributed by atoms with E-state index in [4.69, 9.17) is 4.74 Å². The highest BCUT2D eigenvalue weighted by Crippen LogP contribution is 2.15. The van der Waals surface area contributed by atoms with Crippen molar-refractivity contribution in [3.8, 4) is 5.75 Å². The molecule has 0 aromatic heterocycles. The Morgan fingerprint density at radius 2 is 2.14 bits per heavy atom. The molecular weight excluding hydrogens is 278 g/mol. The first kappa shape index (κ1) is 16.6. The SMILES string of the molecule is CCNC(=NCc1ccc(OC(C)C)cc1)N1CC[C@@H](O)C1. The van der Waals surface area contributed by atoms with Crippen molar-refractivity contribution in [2.75, 3.05) is 19.6 Å². The third-order valence-electron chi connectivity index (χ3n) is 3.50. The number of aliphatic imine (C=N–C) groups is 1. The molecule has 5 nitrogen and oxygen atoms in total. The van der Waals surface area contributed by atoms with Crippen molar-refractivity contribution in [1.82, 2.24) is 10.2 Å².